The number of hydrogen-bond acceptors (Lipinski definition) is 4. The van der Waals surface area contributed by atoms with Gasteiger partial charge < -0.3 is 15.3 Å². The van der Waals surface area contributed by atoms with Crippen LogP contribution >= 0.6 is 0 Å². The first-order valence-corrected chi connectivity index (χ1v) is 4.80. The molecule has 1 rings (SSSR count). The molecule has 0 unspecified atom stereocenters. The van der Waals surface area contributed by atoms with E-state index < -0.39 is 0 Å². The first-order valence-electron chi connectivity index (χ1n) is 4.80. The molecule has 2 N–H and O–H groups in total. The van der Waals surface area contributed by atoms with Crippen LogP contribution in [0.2, 0.25) is 0 Å². The monoisotopic (exact) mass is 222 g/mol. The number of ether oxygens (including phenoxy) is 1. The van der Waals surface area contributed by atoms with Crippen LogP contribution in [-0.4, -0.2) is 30.5 Å². The summed E-state index contributed by atoms with van der Waals surface area (Å²) in [5.74, 6) is 0.301. The number of nitrogens with one attached hydrogen (secondary N) is 1. The Morgan fingerprint density at radius 1 is 1.50 bits per heavy atom. The van der Waals surface area contributed by atoms with Gasteiger partial charge in [0.25, 0.3) is 5.91 Å². The number of amides is 1. The minimum atomic E-state index is -0.214. The molecule has 0 aromatic heterocycles. The van der Waals surface area contributed by atoms with Crippen molar-refractivity contribution >= 4 is 11.6 Å². The Kier molecular flexibility index (Phi) is 4.32. The summed E-state index contributed by atoms with van der Waals surface area (Å²) in [4.78, 5) is 11.0. The molecule has 1 amide bonds. The molecule has 0 saturated carbocycles. The van der Waals surface area contributed by atoms with E-state index in [0.717, 1.165) is 0 Å². The zero-order valence-electron chi connectivity index (χ0n) is 9.23. The molecule has 0 radical (unpaired) electrons. The van der Waals surface area contributed by atoms with Crippen LogP contribution in [0.25, 0.3) is 0 Å². The van der Waals surface area contributed by atoms with Crippen LogP contribution < -0.4 is 10.1 Å². The number of carbonyl (C=O) groups is 1. The number of rotatable bonds is 4. The SMILES string of the molecule is CNC(=O)COc1ccccc1/C(C)=N/O. The summed E-state index contributed by atoms with van der Waals surface area (Å²) < 4.78 is 5.31. The third kappa shape index (κ3) is 2.98. The van der Waals surface area contributed by atoms with Gasteiger partial charge in [-0.25, -0.2) is 0 Å². The lowest BCUT2D eigenvalue weighted by atomic mass is 10.1. The zero-order valence-corrected chi connectivity index (χ0v) is 9.23. The second-order valence-corrected chi connectivity index (χ2v) is 3.14. The number of hydrogen-bond donors (Lipinski definition) is 2. The van der Waals surface area contributed by atoms with Crippen molar-refractivity contribution in [2.75, 3.05) is 13.7 Å². The van der Waals surface area contributed by atoms with Crippen molar-refractivity contribution in [2.45, 2.75) is 6.92 Å². The van der Waals surface area contributed by atoms with Crippen LogP contribution in [0.4, 0.5) is 0 Å². The highest BCUT2D eigenvalue weighted by molar-refractivity contribution is 6.00. The summed E-state index contributed by atoms with van der Waals surface area (Å²) >= 11 is 0. The molecule has 1 aromatic rings. The Balaban J connectivity index is 2.83. The van der Waals surface area contributed by atoms with Gasteiger partial charge in [0.15, 0.2) is 6.61 Å². The van der Waals surface area contributed by atoms with Gasteiger partial charge in [0, 0.05) is 12.6 Å². The maximum absolute atomic E-state index is 11.0. The largest absolute Gasteiger partial charge is 0.483 e. The van der Waals surface area contributed by atoms with E-state index in [4.69, 9.17) is 9.94 Å². The predicted octanol–water partition coefficient (Wildman–Crippen LogP) is 1.01. The average Bonchev–Trinajstić information content (AvgIpc) is 2.35. The summed E-state index contributed by atoms with van der Waals surface area (Å²) in [7, 11) is 1.54. The van der Waals surface area contributed by atoms with Crippen molar-refractivity contribution in [1.29, 1.82) is 0 Å². The third-order valence-electron chi connectivity index (χ3n) is 2.06. The van der Waals surface area contributed by atoms with Crippen molar-refractivity contribution < 1.29 is 14.7 Å². The lowest BCUT2D eigenvalue weighted by Crippen LogP contribution is -2.25. The Morgan fingerprint density at radius 3 is 2.81 bits per heavy atom. The van der Waals surface area contributed by atoms with E-state index >= 15 is 0 Å². The number of carbonyl (C=O) groups excluding carboxylic acids is 1. The fourth-order valence-corrected chi connectivity index (χ4v) is 1.16. The molecule has 0 aliphatic carbocycles. The summed E-state index contributed by atoms with van der Waals surface area (Å²) in [6.45, 7) is 1.59. The molecule has 1 aromatic carbocycles. The highest BCUT2D eigenvalue weighted by atomic mass is 16.5. The third-order valence-corrected chi connectivity index (χ3v) is 2.06. The van der Waals surface area contributed by atoms with E-state index in [1.54, 1.807) is 31.2 Å². The van der Waals surface area contributed by atoms with Crippen LogP contribution in [-0.2, 0) is 4.79 Å². The predicted molar refractivity (Wildman–Crippen MR) is 60.0 cm³/mol. The van der Waals surface area contributed by atoms with Crippen LogP contribution in [0.15, 0.2) is 29.4 Å². The number of nitrogens with zero attached hydrogens (tertiary/aromatic N) is 1. The smallest absolute Gasteiger partial charge is 0.257 e. The molecular formula is C11H14N2O3. The zero-order chi connectivity index (χ0) is 12.0. The minimum Gasteiger partial charge on any atom is -0.483 e. The summed E-state index contributed by atoms with van der Waals surface area (Å²) in [6.07, 6.45) is 0. The van der Waals surface area contributed by atoms with Crippen LogP contribution in [0.1, 0.15) is 12.5 Å². The van der Waals surface area contributed by atoms with Gasteiger partial charge in [-0.15, -0.1) is 0 Å². The second kappa shape index (κ2) is 5.75. The lowest BCUT2D eigenvalue weighted by Gasteiger charge is -2.09. The van der Waals surface area contributed by atoms with Crippen molar-refractivity contribution in [3.8, 4) is 5.75 Å². The fraction of sp³-hybridized carbons (Fsp3) is 0.273. The maximum Gasteiger partial charge on any atom is 0.257 e. The van der Waals surface area contributed by atoms with Crippen molar-refractivity contribution in [3.63, 3.8) is 0 Å². The second-order valence-electron chi connectivity index (χ2n) is 3.14. The Morgan fingerprint density at radius 2 is 2.19 bits per heavy atom. The van der Waals surface area contributed by atoms with Gasteiger partial charge in [-0.05, 0) is 19.1 Å². The Hall–Kier alpha value is -2.04. The molecule has 16 heavy (non-hydrogen) atoms. The summed E-state index contributed by atoms with van der Waals surface area (Å²) in [5.41, 5.74) is 1.10. The van der Waals surface area contributed by atoms with E-state index in [1.165, 1.54) is 7.05 Å². The molecule has 0 heterocycles. The van der Waals surface area contributed by atoms with Gasteiger partial charge in [-0.1, -0.05) is 17.3 Å². The van der Waals surface area contributed by atoms with Crippen molar-refractivity contribution in [2.24, 2.45) is 5.16 Å². The highest BCUT2D eigenvalue weighted by Crippen LogP contribution is 2.18. The quantitative estimate of drug-likeness (QED) is 0.453. The molecule has 0 aliphatic rings. The van der Waals surface area contributed by atoms with Crippen LogP contribution in [0.3, 0.4) is 0 Å². The molecular weight excluding hydrogens is 208 g/mol. The van der Waals surface area contributed by atoms with Crippen LogP contribution in [0.5, 0.6) is 5.75 Å². The first-order chi connectivity index (χ1) is 7.69. The standard InChI is InChI=1S/C11H14N2O3/c1-8(13-15)9-5-3-4-6-10(9)16-7-11(14)12-2/h3-6,15H,7H2,1-2H3,(H,12,14)/b13-8+. The highest BCUT2D eigenvalue weighted by Gasteiger charge is 2.07. The van der Waals surface area contributed by atoms with Gasteiger partial charge in [-0.3, -0.25) is 4.79 Å². The lowest BCUT2D eigenvalue weighted by molar-refractivity contribution is -0.122. The molecule has 0 bridgehead atoms. The first kappa shape index (κ1) is 12.0. The van der Waals surface area contributed by atoms with Crippen LogP contribution in [0, 0.1) is 0 Å². The van der Waals surface area contributed by atoms with Gasteiger partial charge in [0.05, 0.1) is 5.71 Å². The van der Waals surface area contributed by atoms with Crippen molar-refractivity contribution in [1.82, 2.24) is 5.32 Å². The van der Waals surface area contributed by atoms with Gasteiger partial charge in [0.2, 0.25) is 0 Å². The van der Waals surface area contributed by atoms with Gasteiger partial charge in [0.1, 0.15) is 5.75 Å². The van der Waals surface area contributed by atoms with E-state index in [0.29, 0.717) is 17.0 Å². The molecule has 5 nitrogen and oxygen atoms in total. The van der Waals surface area contributed by atoms with Gasteiger partial charge in [-0.2, -0.15) is 0 Å². The average molecular weight is 222 g/mol. The molecule has 0 fully saturated rings. The van der Waals surface area contributed by atoms with E-state index in [2.05, 4.69) is 10.5 Å². The Bertz CT molecular complexity index is 402. The number of likely N-dealkylation sites (N-methyl/N-ethyl adjacent to an activating group) is 1. The molecule has 0 spiro atoms. The maximum atomic E-state index is 11.0. The van der Waals surface area contributed by atoms with E-state index in [9.17, 15) is 4.79 Å². The van der Waals surface area contributed by atoms with E-state index in [1.807, 2.05) is 0 Å². The summed E-state index contributed by atoms with van der Waals surface area (Å²) in [5, 5.41) is 14.2. The Labute approximate surface area is 93.7 Å². The molecule has 86 valence electrons. The number of oxime groups is 1. The molecule has 0 atom stereocenters. The number of benzene rings is 1. The summed E-state index contributed by atoms with van der Waals surface area (Å²) in [6, 6.07) is 7.06. The minimum absolute atomic E-state index is 0.0633. The molecule has 5 heteroatoms. The fourth-order valence-electron chi connectivity index (χ4n) is 1.16. The van der Waals surface area contributed by atoms with Crippen molar-refractivity contribution in [3.05, 3.63) is 29.8 Å². The van der Waals surface area contributed by atoms with E-state index in [-0.39, 0.29) is 12.5 Å². The topological polar surface area (TPSA) is 70.9 Å². The molecule has 0 saturated heterocycles. The number of para-hydroxylation sites is 1. The molecule has 0 aliphatic heterocycles. The van der Waals surface area contributed by atoms with Gasteiger partial charge >= 0.3 is 0 Å². The normalized spacial score (nSPS) is 11.0.